The Balaban J connectivity index is 1.71. The van der Waals surface area contributed by atoms with Crippen LogP contribution in [0.3, 0.4) is 0 Å². The van der Waals surface area contributed by atoms with Crippen LogP contribution >= 0.6 is 11.3 Å². The van der Waals surface area contributed by atoms with Crippen LogP contribution in [0.2, 0.25) is 0 Å². The number of carbonyl (C=O) groups excluding carboxylic acids is 1. The molecule has 0 unspecified atom stereocenters. The van der Waals surface area contributed by atoms with Crippen LogP contribution in [-0.4, -0.2) is 36.0 Å². The molecular formula is C14H17N3OS. The fraction of sp³-hybridized carbons (Fsp3) is 0.571. The number of nitrogens with zero attached hydrogens (tertiary/aromatic N) is 2. The molecule has 1 aromatic rings. The second-order valence-electron chi connectivity index (χ2n) is 5.39. The second kappa shape index (κ2) is 4.95. The van der Waals surface area contributed by atoms with Crippen LogP contribution in [0.5, 0.6) is 0 Å². The Hall–Kier alpha value is -1.38. The van der Waals surface area contributed by atoms with Crippen molar-refractivity contribution in [1.29, 1.82) is 5.26 Å². The zero-order valence-electron chi connectivity index (χ0n) is 10.9. The van der Waals surface area contributed by atoms with E-state index in [4.69, 9.17) is 5.26 Å². The molecule has 5 heteroatoms. The Kier molecular flexibility index (Phi) is 3.29. The summed E-state index contributed by atoms with van der Waals surface area (Å²) in [6, 6.07) is 6.20. The van der Waals surface area contributed by atoms with Gasteiger partial charge in [0.1, 0.15) is 10.9 Å². The number of rotatable bonds is 2. The van der Waals surface area contributed by atoms with Gasteiger partial charge >= 0.3 is 0 Å². The maximum Gasteiger partial charge on any atom is 0.261 e. The predicted octanol–water partition coefficient (Wildman–Crippen LogP) is 1.83. The number of piperidine rings is 3. The van der Waals surface area contributed by atoms with Gasteiger partial charge < -0.3 is 5.32 Å². The van der Waals surface area contributed by atoms with Crippen LogP contribution in [0.4, 0.5) is 0 Å². The quantitative estimate of drug-likeness (QED) is 0.896. The molecule has 0 radical (unpaired) electrons. The fourth-order valence-electron chi connectivity index (χ4n) is 3.29. The van der Waals surface area contributed by atoms with Gasteiger partial charge in [-0.3, -0.25) is 9.69 Å². The predicted molar refractivity (Wildman–Crippen MR) is 74.0 cm³/mol. The van der Waals surface area contributed by atoms with E-state index in [1.54, 1.807) is 12.1 Å². The topological polar surface area (TPSA) is 56.1 Å². The third-order valence-electron chi connectivity index (χ3n) is 4.42. The van der Waals surface area contributed by atoms with Crippen LogP contribution in [0.25, 0.3) is 0 Å². The zero-order chi connectivity index (χ0) is 13.4. The lowest BCUT2D eigenvalue weighted by atomic mass is 9.79. The summed E-state index contributed by atoms with van der Waals surface area (Å²) < 4.78 is 0. The molecule has 3 saturated heterocycles. The number of carbonyl (C=O) groups is 1. The summed E-state index contributed by atoms with van der Waals surface area (Å²) in [5.41, 5.74) is 0. The molecule has 100 valence electrons. The lowest BCUT2D eigenvalue weighted by Crippen LogP contribution is -2.62. The third kappa shape index (κ3) is 2.26. The van der Waals surface area contributed by atoms with Crippen molar-refractivity contribution in [3.8, 4) is 6.07 Å². The standard InChI is InChI=1S/C14H17N3OS/c1-9-13(10-4-6-17(9)7-5-10)16-14(18)12-3-2-11(8-15)19-12/h2-3,9-10,13H,4-7H2,1H3,(H,16,18)/t9-,13-/m0/s1. The van der Waals surface area contributed by atoms with Crippen molar-refractivity contribution in [2.75, 3.05) is 13.1 Å². The monoisotopic (exact) mass is 275 g/mol. The number of nitriles is 1. The van der Waals surface area contributed by atoms with E-state index in [-0.39, 0.29) is 11.9 Å². The number of hydrogen-bond donors (Lipinski definition) is 1. The molecule has 1 aromatic heterocycles. The molecule has 3 fully saturated rings. The first-order chi connectivity index (χ1) is 9.19. The minimum Gasteiger partial charge on any atom is -0.347 e. The fourth-order valence-corrected chi connectivity index (χ4v) is 3.99. The van der Waals surface area contributed by atoms with Gasteiger partial charge in [-0.25, -0.2) is 0 Å². The Morgan fingerprint density at radius 3 is 2.79 bits per heavy atom. The molecule has 0 aliphatic carbocycles. The summed E-state index contributed by atoms with van der Waals surface area (Å²) in [5, 5.41) is 12.0. The van der Waals surface area contributed by atoms with Crippen molar-refractivity contribution in [3.05, 3.63) is 21.9 Å². The second-order valence-corrected chi connectivity index (χ2v) is 6.47. The number of thiophene rings is 1. The van der Waals surface area contributed by atoms with E-state index >= 15 is 0 Å². The van der Waals surface area contributed by atoms with Crippen molar-refractivity contribution >= 4 is 17.2 Å². The highest BCUT2D eigenvalue weighted by Crippen LogP contribution is 2.32. The third-order valence-corrected chi connectivity index (χ3v) is 5.40. The van der Waals surface area contributed by atoms with E-state index in [2.05, 4.69) is 23.2 Å². The van der Waals surface area contributed by atoms with Gasteiger partial charge in [0.05, 0.1) is 4.88 Å². The molecule has 4 heterocycles. The molecule has 0 aromatic carbocycles. The van der Waals surface area contributed by atoms with Crippen molar-refractivity contribution in [1.82, 2.24) is 10.2 Å². The SMILES string of the molecule is C[C@H]1[C@H](NC(=O)c2ccc(C#N)s2)C2CCN1CC2. The number of hydrogen-bond acceptors (Lipinski definition) is 4. The number of fused-ring (bicyclic) bond motifs is 3. The van der Waals surface area contributed by atoms with E-state index in [1.807, 2.05) is 0 Å². The van der Waals surface area contributed by atoms with Gasteiger partial charge in [-0.2, -0.15) is 5.26 Å². The van der Waals surface area contributed by atoms with Crippen LogP contribution in [0.1, 0.15) is 34.3 Å². The number of amides is 1. The smallest absolute Gasteiger partial charge is 0.261 e. The van der Waals surface area contributed by atoms with Gasteiger partial charge in [-0.05, 0) is 50.9 Å². The molecular weight excluding hydrogens is 258 g/mol. The lowest BCUT2D eigenvalue weighted by Gasteiger charge is -2.49. The molecule has 3 aliphatic rings. The molecule has 1 amide bonds. The van der Waals surface area contributed by atoms with Gasteiger partial charge in [0.2, 0.25) is 0 Å². The number of nitrogens with one attached hydrogen (secondary N) is 1. The van der Waals surface area contributed by atoms with E-state index in [9.17, 15) is 4.79 Å². The first-order valence-corrected chi connectivity index (χ1v) is 7.55. The summed E-state index contributed by atoms with van der Waals surface area (Å²) in [6.45, 7) is 4.52. The summed E-state index contributed by atoms with van der Waals surface area (Å²) in [4.78, 5) is 15.9. The molecule has 3 aliphatic heterocycles. The van der Waals surface area contributed by atoms with Crippen molar-refractivity contribution < 1.29 is 4.79 Å². The molecule has 0 saturated carbocycles. The maximum absolute atomic E-state index is 12.2. The highest BCUT2D eigenvalue weighted by atomic mass is 32.1. The average Bonchev–Trinajstić information content (AvgIpc) is 2.92. The van der Waals surface area contributed by atoms with Gasteiger partial charge in [0.15, 0.2) is 0 Å². The highest BCUT2D eigenvalue weighted by Gasteiger charge is 2.40. The molecule has 4 rings (SSSR count). The molecule has 0 spiro atoms. The van der Waals surface area contributed by atoms with Crippen LogP contribution in [-0.2, 0) is 0 Å². The van der Waals surface area contributed by atoms with Crippen LogP contribution < -0.4 is 5.32 Å². The maximum atomic E-state index is 12.2. The normalized spacial score (nSPS) is 32.8. The Labute approximate surface area is 117 Å². The van der Waals surface area contributed by atoms with Crippen LogP contribution in [0.15, 0.2) is 12.1 Å². The summed E-state index contributed by atoms with van der Waals surface area (Å²) in [7, 11) is 0. The lowest BCUT2D eigenvalue weighted by molar-refractivity contribution is 0.0218. The zero-order valence-corrected chi connectivity index (χ0v) is 11.7. The van der Waals surface area contributed by atoms with Crippen LogP contribution in [0, 0.1) is 17.2 Å². The Morgan fingerprint density at radius 2 is 2.21 bits per heavy atom. The minimum absolute atomic E-state index is 0.0305. The van der Waals surface area contributed by atoms with E-state index in [0.717, 1.165) is 13.1 Å². The van der Waals surface area contributed by atoms with Crippen molar-refractivity contribution in [3.63, 3.8) is 0 Å². The Morgan fingerprint density at radius 1 is 1.47 bits per heavy atom. The highest BCUT2D eigenvalue weighted by molar-refractivity contribution is 7.14. The minimum atomic E-state index is -0.0305. The first-order valence-electron chi connectivity index (χ1n) is 6.74. The van der Waals surface area contributed by atoms with Gasteiger partial charge in [-0.1, -0.05) is 0 Å². The molecule has 2 atom stereocenters. The van der Waals surface area contributed by atoms with E-state index < -0.39 is 0 Å². The molecule has 1 N–H and O–H groups in total. The molecule has 4 nitrogen and oxygen atoms in total. The summed E-state index contributed by atoms with van der Waals surface area (Å²) >= 11 is 1.26. The summed E-state index contributed by atoms with van der Waals surface area (Å²) in [5.74, 6) is 0.580. The van der Waals surface area contributed by atoms with Crippen molar-refractivity contribution in [2.45, 2.75) is 31.8 Å². The Bertz CT molecular complexity index is 523. The van der Waals surface area contributed by atoms with E-state index in [0.29, 0.717) is 21.7 Å². The van der Waals surface area contributed by atoms with E-state index in [1.165, 1.54) is 24.2 Å². The van der Waals surface area contributed by atoms with Crippen molar-refractivity contribution in [2.24, 2.45) is 5.92 Å². The molecule has 19 heavy (non-hydrogen) atoms. The average molecular weight is 275 g/mol. The van der Waals surface area contributed by atoms with Gasteiger partial charge in [0, 0.05) is 12.1 Å². The first kappa shape index (κ1) is 12.6. The largest absolute Gasteiger partial charge is 0.347 e. The van der Waals surface area contributed by atoms with Gasteiger partial charge in [0.25, 0.3) is 5.91 Å². The molecule has 2 bridgehead atoms. The summed E-state index contributed by atoms with van der Waals surface area (Å²) in [6.07, 6.45) is 2.37. The van der Waals surface area contributed by atoms with Gasteiger partial charge in [-0.15, -0.1) is 11.3 Å².